The molecule has 2 N–H and O–H groups in total. The van der Waals surface area contributed by atoms with E-state index in [-0.39, 0.29) is 18.4 Å². The van der Waals surface area contributed by atoms with Gasteiger partial charge in [0.2, 0.25) is 11.8 Å². The Hall–Kier alpha value is -1.89. The number of nitrogens with zero attached hydrogens (tertiary/aromatic N) is 4. The van der Waals surface area contributed by atoms with Gasteiger partial charge in [-0.05, 0) is 12.3 Å². The summed E-state index contributed by atoms with van der Waals surface area (Å²) < 4.78 is 1.65. The number of rotatable bonds is 4. The highest BCUT2D eigenvalue weighted by Gasteiger charge is 2.31. The summed E-state index contributed by atoms with van der Waals surface area (Å²) in [5.74, 6) is 0.124. The first-order valence-electron chi connectivity index (χ1n) is 7.22. The minimum absolute atomic E-state index is 0.0829. The van der Waals surface area contributed by atoms with Gasteiger partial charge in [-0.1, -0.05) is 13.8 Å². The second kappa shape index (κ2) is 6.26. The van der Waals surface area contributed by atoms with Crippen LogP contribution in [0.1, 0.15) is 20.3 Å². The van der Waals surface area contributed by atoms with Gasteiger partial charge < -0.3 is 15.5 Å². The van der Waals surface area contributed by atoms with Crippen LogP contribution in [-0.2, 0) is 16.6 Å². The molecule has 1 saturated heterocycles. The number of carbonyl (C=O) groups is 2. The van der Waals surface area contributed by atoms with Crippen molar-refractivity contribution >= 4 is 17.5 Å². The summed E-state index contributed by atoms with van der Waals surface area (Å²) in [6.45, 7) is 5.12. The molecule has 7 nitrogen and oxygen atoms in total. The van der Waals surface area contributed by atoms with Crippen LogP contribution >= 0.6 is 0 Å². The molecule has 0 radical (unpaired) electrons. The molecule has 1 fully saturated rings. The minimum atomic E-state index is -0.525. The lowest BCUT2D eigenvalue weighted by atomic mass is 10.0. The molecule has 1 aliphatic heterocycles. The van der Waals surface area contributed by atoms with Crippen molar-refractivity contribution in [1.29, 1.82) is 0 Å². The predicted molar refractivity (Wildman–Crippen MR) is 79.6 cm³/mol. The maximum absolute atomic E-state index is 12.2. The van der Waals surface area contributed by atoms with Crippen molar-refractivity contribution in [3.63, 3.8) is 0 Å². The van der Waals surface area contributed by atoms with Crippen LogP contribution in [0.25, 0.3) is 0 Å². The van der Waals surface area contributed by atoms with Gasteiger partial charge in [-0.3, -0.25) is 14.3 Å². The fourth-order valence-corrected chi connectivity index (χ4v) is 2.53. The SMILES string of the molecule is CC(C)C[C@H](N)C(=O)N1CCN(c2cnn(C)c2)C(=O)C1. The van der Waals surface area contributed by atoms with E-state index in [2.05, 4.69) is 5.10 Å². The second-order valence-corrected chi connectivity index (χ2v) is 5.91. The lowest BCUT2D eigenvalue weighted by molar-refractivity contribution is -0.138. The first-order valence-corrected chi connectivity index (χ1v) is 7.22. The molecule has 1 atom stereocenters. The monoisotopic (exact) mass is 293 g/mol. The largest absolute Gasteiger partial charge is 0.330 e. The average Bonchev–Trinajstić information content (AvgIpc) is 2.83. The molecule has 0 bridgehead atoms. The van der Waals surface area contributed by atoms with Gasteiger partial charge in [-0.15, -0.1) is 0 Å². The van der Waals surface area contributed by atoms with Gasteiger partial charge in [0, 0.05) is 26.3 Å². The fraction of sp³-hybridized carbons (Fsp3) is 0.643. The van der Waals surface area contributed by atoms with Gasteiger partial charge in [-0.25, -0.2) is 0 Å². The van der Waals surface area contributed by atoms with Crippen molar-refractivity contribution in [3.05, 3.63) is 12.4 Å². The van der Waals surface area contributed by atoms with Crippen LogP contribution in [0.4, 0.5) is 5.69 Å². The Balaban J connectivity index is 1.97. The maximum atomic E-state index is 12.2. The number of anilines is 1. The molecule has 21 heavy (non-hydrogen) atoms. The summed E-state index contributed by atoms with van der Waals surface area (Å²) in [5.41, 5.74) is 6.68. The molecule has 0 unspecified atom stereocenters. The molecule has 0 saturated carbocycles. The van der Waals surface area contributed by atoms with Crippen molar-refractivity contribution in [3.8, 4) is 0 Å². The Morgan fingerprint density at radius 1 is 1.43 bits per heavy atom. The number of aryl methyl sites for hydroxylation is 1. The van der Waals surface area contributed by atoms with Crippen LogP contribution in [0.3, 0.4) is 0 Å². The van der Waals surface area contributed by atoms with E-state index in [1.54, 1.807) is 33.9 Å². The van der Waals surface area contributed by atoms with Crippen LogP contribution in [0.5, 0.6) is 0 Å². The third-order valence-corrected chi connectivity index (χ3v) is 3.58. The van der Waals surface area contributed by atoms with Crippen LogP contribution in [0, 0.1) is 5.92 Å². The zero-order valence-corrected chi connectivity index (χ0v) is 12.8. The highest BCUT2D eigenvalue weighted by molar-refractivity contribution is 5.98. The van der Waals surface area contributed by atoms with E-state index in [4.69, 9.17) is 5.73 Å². The lowest BCUT2D eigenvalue weighted by Gasteiger charge is -2.35. The molecule has 2 heterocycles. The minimum Gasteiger partial charge on any atom is -0.330 e. The van der Waals surface area contributed by atoms with Gasteiger partial charge in [-0.2, -0.15) is 5.10 Å². The third kappa shape index (κ3) is 3.60. The Morgan fingerprint density at radius 2 is 2.14 bits per heavy atom. The van der Waals surface area contributed by atoms with E-state index in [0.717, 1.165) is 5.69 Å². The first-order chi connectivity index (χ1) is 9.88. The van der Waals surface area contributed by atoms with Crippen molar-refractivity contribution in [2.24, 2.45) is 18.7 Å². The van der Waals surface area contributed by atoms with Gasteiger partial charge in [0.1, 0.15) is 6.54 Å². The summed E-state index contributed by atoms with van der Waals surface area (Å²) in [5, 5.41) is 4.06. The number of amides is 2. The number of carbonyl (C=O) groups excluding carboxylic acids is 2. The summed E-state index contributed by atoms with van der Waals surface area (Å²) in [7, 11) is 1.80. The van der Waals surface area contributed by atoms with Crippen LogP contribution in [0.2, 0.25) is 0 Å². The Bertz CT molecular complexity index is 525. The topological polar surface area (TPSA) is 84.5 Å². The number of piperazine rings is 1. The zero-order valence-electron chi connectivity index (χ0n) is 12.8. The van der Waals surface area contributed by atoms with E-state index >= 15 is 0 Å². The Kier molecular flexibility index (Phi) is 4.62. The molecule has 0 aromatic carbocycles. The maximum Gasteiger partial charge on any atom is 0.246 e. The van der Waals surface area contributed by atoms with Crippen LogP contribution < -0.4 is 10.6 Å². The number of hydrogen-bond donors (Lipinski definition) is 1. The smallest absolute Gasteiger partial charge is 0.246 e. The quantitative estimate of drug-likeness (QED) is 0.845. The number of nitrogens with two attached hydrogens (primary N) is 1. The molecule has 2 rings (SSSR count). The highest BCUT2D eigenvalue weighted by atomic mass is 16.2. The molecule has 7 heteroatoms. The lowest BCUT2D eigenvalue weighted by Crippen LogP contribution is -2.56. The normalized spacial score (nSPS) is 17.5. The molecule has 0 aliphatic carbocycles. The zero-order chi connectivity index (χ0) is 15.6. The molecular formula is C14H23N5O2. The molecule has 1 aliphatic rings. The summed E-state index contributed by atoms with van der Waals surface area (Å²) in [6.07, 6.45) is 4.08. The van der Waals surface area contributed by atoms with Crippen LogP contribution in [-0.4, -0.2) is 52.2 Å². The molecule has 2 amide bonds. The van der Waals surface area contributed by atoms with Crippen molar-refractivity contribution in [2.75, 3.05) is 24.5 Å². The van der Waals surface area contributed by atoms with E-state index < -0.39 is 6.04 Å². The van der Waals surface area contributed by atoms with Gasteiger partial charge in [0.05, 0.1) is 17.9 Å². The number of hydrogen-bond acceptors (Lipinski definition) is 4. The third-order valence-electron chi connectivity index (χ3n) is 3.58. The summed E-state index contributed by atoms with van der Waals surface area (Å²) in [4.78, 5) is 27.7. The van der Waals surface area contributed by atoms with E-state index in [0.29, 0.717) is 25.4 Å². The molecule has 116 valence electrons. The Labute approximate surface area is 124 Å². The molecular weight excluding hydrogens is 270 g/mol. The van der Waals surface area contributed by atoms with Gasteiger partial charge in [0.25, 0.3) is 0 Å². The van der Waals surface area contributed by atoms with Crippen molar-refractivity contribution in [2.45, 2.75) is 26.3 Å². The van der Waals surface area contributed by atoms with E-state index in [1.165, 1.54) is 0 Å². The predicted octanol–water partition coefficient (Wildman–Crippen LogP) is -0.0313. The first kappa shape index (κ1) is 15.5. The summed E-state index contributed by atoms with van der Waals surface area (Å²) >= 11 is 0. The highest BCUT2D eigenvalue weighted by Crippen LogP contribution is 2.17. The summed E-state index contributed by atoms with van der Waals surface area (Å²) in [6, 6.07) is -0.525. The molecule has 1 aromatic rings. The van der Waals surface area contributed by atoms with Crippen molar-refractivity contribution in [1.82, 2.24) is 14.7 Å². The van der Waals surface area contributed by atoms with E-state index in [1.807, 2.05) is 13.8 Å². The standard InChI is InChI=1S/C14H23N5O2/c1-10(2)6-12(15)14(21)18-4-5-19(13(20)9-18)11-7-16-17(3)8-11/h7-8,10,12H,4-6,9,15H2,1-3H3/t12-/m0/s1. The number of aromatic nitrogens is 2. The average molecular weight is 293 g/mol. The van der Waals surface area contributed by atoms with Gasteiger partial charge in [0.15, 0.2) is 0 Å². The Morgan fingerprint density at radius 3 is 2.67 bits per heavy atom. The molecule has 1 aromatic heterocycles. The molecule has 0 spiro atoms. The second-order valence-electron chi connectivity index (χ2n) is 5.91. The van der Waals surface area contributed by atoms with Gasteiger partial charge >= 0.3 is 0 Å². The van der Waals surface area contributed by atoms with E-state index in [9.17, 15) is 9.59 Å². The van der Waals surface area contributed by atoms with Crippen LogP contribution in [0.15, 0.2) is 12.4 Å². The fourth-order valence-electron chi connectivity index (χ4n) is 2.53. The van der Waals surface area contributed by atoms with Crippen molar-refractivity contribution < 1.29 is 9.59 Å².